The number of hydrogen-bond donors (Lipinski definition) is 3. The van der Waals surface area contributed by atoms with E-state index in [1.165, 1.54) is 17.4 Å². The first kappa shape index (κ1) is 31.7. The number of hydrogen-bond acceptors (Lipinski definition) is 7. The molecule has 0 bridgehead atoms. The fraction of sp³-hybridized carbons (Fsp3) is 0.292. The predicted molar refractivity (Wildman–Crippen MR) is 124 cm³/mol. The first-order valence-corrected chi connectivity index (χ1v) is 11.2. The summed E-state index contributed by atoms with van der Waals surface area (Å²) in [7, 11) is 0. The molecule has 0 radical (unpaired) electrons. The number of carbonyl (C=O) groups is 3. The predicted octanol–water partition coefficient (Wildman–Crippen LogP) is 3.82. The van der Waals surface area contributed by atoms with E-state index in [2.05, 4.69) is 20.2 Å². The van der Waals surface area contributed by atoms with E-state index in [0.717, 1.165) is 37.3 Å². The molecule has 216 valence electrons. The van der Waals surface area contributed by atoms with Crippen molar-refractivity contribution in [3.05, 3.63) is 83.3 Å². The van der Waals surface area contributed by atoms with E-state index in [1.54, 1.807) is 12.1 Å². The summed E-state index contributed by atoms with van der Waals surface area (Å²) in [5.74, 6) is -5.40. The zero-order valence-corrected chi connectivity index (χ0v) is 20.4. The van der Waals surface area contributed by atoms with Gasteiger partial charge in [0.05, 0.1) is 12.0 Å². The normalized spacial score (nSPS) is 13.1. The van der Waals surface area contributed by atoms with Gasteiger partial charge in [-0.25, -0.2) is 9.59 Å². The Morgan fingerprint density at radius 2 is 1.62 bits per heavy atom. The summed E-state index contributed by atoms with van der Waals surface area (Å²) < 4.78 is 68.6. The second-order valence-electron chi connectivity index (χ2n) is 7.98. The maximum atomic E-state index is 12.1. The van der Waals surface area contributed by atoms with Crippen LogP contribution in [0.15, 0.2) is 59.6 Å². The number of halogens is 6. The standard InChI is InChI=1S/C20H20N4O2.2C2HF3O2/c25-20(19-5-3-9-26-19)23-12-15-10-21-11-16-13-24(8-6-18(15)16)14-17-4-1-2-7-22-17;2*3-2(4,5)1(6)7/h1-5,7,9-11H,6,8,12-14H2,(H,23,25);2*(H,6,7). The zero-order chi connectivity index (χ0) is 29.9. The number of aromatic nitrogens is 2. The van der Waals surface area contributed by atoms with Crippen LogP contribution < -0.4 is 5.32 Å². The average Bonchev–Trinajstić information content (AvgIpc) is 3.43. The quantitative estimate of drug-likeness (QED) is 0.386. The van der Waals surface area contributed by atoms with Crippen LogP contribution in [0.25, 0.3) is 0 Å². The maximum Gasteiger partial charge on any atom is 0.490 e. The van der Waals surface area contributed by atoms with Crippen LogP contribution in [-0.4, -0.2) is 61.8 Å². The molecule has 0 saturated carbocycles. The van der Waals surface area contributed by atoms with Gasteiger partial charge in [0.1, 0.15) is 0 Å². The third kappa shape index (κ3) is 10.4. The molecule has 3 aromatic rings. The number of carboxylic acid groups (broad SMARTS) is 2. The van der Waals surface area contributed by atoms with Crippen LogP contribution in [0.1, 0.15) is 32.9 Å². The van der Waals surface area contributed by atoms with E-state index < -0.39 is 24.3 Å². The van der Waals surface area contributed by atoms with Crippen LogP contribution >= 0.6 is 0 Å². The summed E-state index contributed by atoms with van der Waals surface area (Å²) in [6, 6.07) is 9.36. The summed E-state index contributed by atoms with van der Waals surface area (Å²) in [6.07, 6.45) is -2.13. The van der Waals surface area contributed by atoms with Crippen molar-refractivity contribution in [1.29, 1.82) is 0 Å². The number of aliphatic carboxylic acids is 2. The summed E-state index contributed by atoms with van der Waals surface area (Å²) in [6.45, 7) is 3.10. The van der Waals surface area contributed by atoms with Gasteiger partial charge in [0.15, 0.2) is 5.76 Å². The highest BCUT2D eigenvalue weighted by Crippen LogP contribution is 2.23. The first-order chi connectivity index (χ1) is 18.7. The molecule has 16 heteroatoms. The van der Waals surface area contributed by atoms with Crippen molar-refractivity contribution in [3.8, 4) is 0 Å². The van der Waals surface area contributed by atoms with Crippen molar-refractivity contribution in [2.75, 3.05) is 6.54 Å². The molecule has 3 N–H and O–H groups in total. The maximum absolute atomic E-state index is 12.1. The van der Waals surface area contributed by atoms with Crippen molar-refractivity contribution in [2.24, 2.45) is 0 Å². The van der Waals surface area contributed by atoms with Crippen molar-refractivity contribution in [3.63, 3.8) is 0 Å². The van der Waals surface area contributed by atoms with Crippen LogP contribution in [0.2, 0.25) is 0 Å². The topological polar surface area (TPSA) is 146 Å². The van der Waals surface area contributed by atoms with Crippen LogP contribution in [0.5, 0.6) is 0 Å². The Morgan fingerprint density at radius 3 is 2.15 bits per heavy atom. The monoisotopic (exact) mass is 576 g/mol. The number of pyridine rings is 2. The zero-order valence-electron chi connectivity index (χ0n) is 20.4. The van der Waals surface area contributed by atoms with Gasteiger partial charge in [0, 0.05) is 44.8 Å². The Morgan fingerprint density at radius 1 is 0.975 bits per heavy atom. The highest BCUT2D eigenvalue weighted by molar-refractivity contribution is 5.91. The van der Waals surface area contributed by atoms with Gasteiger partial charge in [-0.3, -0.25) is 19.7 Å². The minimum atomic E-state index is -5.08. The molecule has 0 atom stereocenters. The number of nitrogens with zero attached hydrogens (tertiary/aromatic N) is 3. The van der Waals surface area contributed by atoms with Gasteiger partial charge in [0.2, 0.25) is 0 Å². The lowest BCUT2D eigenvalue weighted by Gasteiger charge is -2.29. The lowest BCUT2D eigenvalue weighted by Crippen LogP contribution is -2.32. The Balaban J connectivity index is 0.000000333. The summed E-state index contributed by atoms with van der Waals surface area (Å²) in [5.41, 5.74) is 4.65. The molecular weight excluding hydrogens is 554 g/mol. The summed E-state index contributed by atoms with van der Waals surface area (Å²) >= 11 is 0. The van der Waals surface area contributed by atoms with E-state index in [-0.39, 0.29) is 5.91 Å². The molecule has 3 aromatic heterocycles. The van der Waals surface area contributed by atoms with Crippen LogP contribution in [0, 0.1) is 0 Å². The molecule has 1 amide bonds. The number of rotatable bonds is 5. The van der Waals surface area contributed by atoms with E-state index in [0.29, 0.717) is 12.3 Å². The van der Waals surface area contributed by atoms with Gasteiger partial charge in [-0.1, -0.05) is 6.07 Å². The minimum Gasteiger partial charge on any atom is -0.475 e. The molecule has 0 fully saturated rings. The fourth-order valence-corrected chi connectivity index (χ4v) is 3.30. The molecule has 4 heterocycles. The number of carbonyl (C=O) groups excluding carboxylic acids is 1. The molecule has 10 nitrogen and oxygen atoms in total. The Labute approximate surface area is 222 Å². The Bertz CT molecular complexity index is 1240. The molecule has 0 spiro atoms. The molecule has 0 unspecified atom stereocenters. The van der Waals surface area contributed by atoms with Gasteiger partial charge in [-0.05, 0) is 47.4 Å². The molecular formula is C24H22F6N4O6. The molecule has 40 heavy (non-hydrogen) atoms. The molecule has 0 saturated heterocycles. The smallest absolute Gasteiger partial charge is 0.475 e. The number of alkyl halides is 6. The van der Waals surface area contributed by atoms with Crippen molar-refractivity contribution in [1.82, 2.24) is 20.2 Å². The van der Waals surface area contributed by atoms with Crippen molar-refractivity contribution in [2.45, 2.75) is 38.4 Å². The third-order valence-corrected chi connectivity index (χ3v) is 5.09. The number of amides is 1. The van der Waals surface area contributed by atoms with Gasteiger partial charge in [-0.15, -0.1) is 0 Å². The van der Waals surface area contributed by atoms with Crippen LogP contribution in [0.3, 0.4) is 0 Å². The van der Waals surface area contributed by atoms with Gasteiger partial charge in [0.25, 0.3) is 5.91 Å². The number of nitrogens with one attached hydrogen (secondary N) is 1. The van der Waals surface area contributed by atoms with E-state index in [9.17, 15) is 31.1 Å². The van der Waals surface area contributed by atoms with Gasteiger partial charge < -0.3 is 19.9 Å². The molecule has 0 aliphatic carbocycles. The summed E-state index contributed by atoms with van der Waals surface area (Å²) in [5, 5.41) is 17.2. The highest BCUT2D eigenvalue weighted by atomic mass is 19.4. The second kappa shape index (κ2) is 14.1. The Kier molecular flexibility index (Phi) is 11.2. The minimum absolute atomic E-state index is 0.208. The van der Waals surface area contributed by atoms with E-state index >= 15 is 0 Å². The molecule has 1 aliphatic heterocycles. The highest BCUT2D eigenvalue weighted by Gasteiger charge is 2.38. The van der Waals surface area contributed by atoms with Crippen LogP contribution in [0.4, 0.5) is 26.3 Å². The van der Waals surface area contributed by atoms with Gasteiger partial charge >= 0.3 is 24.3 Å². The lowest BCUT2D eigenvalue weighted by atomic mass is 9.97. The Hall–Kier alpha value is -4.47. The number of carboxylic acids is 2. The number of fused-ring (bicyclic) bond motifs is 1. The molecule has 1 aliphatic rings. The van der Waals surface area contributed by atoms with Crippen molar-refractivity contribution < 1.29 is 55.4 Å². The van der Waals surface area contributed by atoms with Gasteiger partial charge in [-0.2, -0.15) is 26.3 Å². The SMILES string of the molecule is O=C(NCc1cncc2c1CCN(Cc1ccccn1)C2)c1ccco1.O=C(O)C(F)(F)F.O=C(O)C(F)(F)F. The molecule has 0 aromatic carbocycles. The molecule has 4 rings (SSSR count). The number of furan rings is 1. The fourth-order valence-electron chi connectivity index (χ4n) is 3.30. The second-order valence-corrected chi connectivity index (χ2v) is 7.98. The van der Waals surface area contributed by atoms with E-state index in [1.807, 2.05) is 36.8 Å². The summed E-state index contributed by atoms with van der Waals surface area (Å²) in [4.78, 5) is 41.0. The first-order valence-electron chi connectivity index (χ1n) is 11.2. The lowest BCUT2D eigenvalue weighted by molar-refractivity contribution is -0.193. The van der Waals surface area contributed by atoms with Crippen LogP contribution in [-0.2, 0) is 35.6 Å². The third-order valence-electron chi connectivity index (χ3n) is 5.09. The van der Waals surface area contributed by atoms with Crippen molar-refractivity contribution >= 4 is 17.8 Å². The van der Waals surface area contributed by atoms with E-state index in [4.69, 9.17) is 24.2 Å². The average molecular weight is 576 g/mol. The largest absolute Gasteiger partial charge is 0.490 e.